The number of piperidine rings is 1. The van der Waals surface area contributed by atoms with Gasteiger partial charge in [-0.05, 0) is 31.7 Å². The van der Waals surface area contributed by atoms with Gasteiger partial charge in [-0.15, -0.1) is 10.2 Å². The Bertz CT molecular complexity index is 520. The second-order valence-corrected chi connectivity index (χ2v) is 6.96. The first kappa shape index (κ1) is 13.6. The highest BCUT2D eigenvalue weighted by atomic mass is 19.3. The molecule has 0 radical (unpaired) electrons. The summed E-state index contributed by atoms with van der Waals surface area (Å²) < 4.78 is 28.2. The molecule has 1 aromatic heterocycles. The number of hydrogen-bond acceptors (Lipinski definition) is 3. The highest BCUT2D eigenvalue weighted by Crippen LogP contribution is 2.43. The van der Waals surface area contributed by atoms with E-state index in [-0.39, 0.29) is 18.8 Å². The molecule has 1 saturated heterocycles. The van der Waals surface area contributed by atoms with E-state index in [4.69, 9.17) is 0 Å². The summed E-state index contributed by atoms with van der Waals surface area (Å²) >= 11 is 0. The lowest BCUT2D eigenvalue weighted by atomic mass is 9.80. The molecule has 1 saturated carbocycles. The zero-order chi connectivity index (χ0) is 14.4. The van der Waals surface area contributed by atoms with Gasteiger partial charge in [-0.2, -0.15) is 0 Å². The number of aromatic nitrogens is 3. The number of nitrogens with zero attached hydrogens (tertiary/aromatic N) is 4. The van der Waals surface area contributed by atoms with Crippen LogP contribution in [0.1, 0.15) is 49.7 Å². The third-order valence-corrected chi connectivity index (χ3v) is 5.20. The quantitative estimate of drug-likeness (QED) is 0.859. The van der Waals surface area contributed by atoms with E-state index in [9.17, 15) is 8.78 Å². The number of aryl methyl sites for hydroxylation is 1. The third-order valence-electron chi connectivity index (χ3n) is 5.20. The Labute approximate surface area is 123 Å². The van der Waals surface area contributed by atoms with E-state index in [2.05, 4.69) is 19.7 Å². The van der Waals surface area contributed by atoms with E-state index in [1.54, 1.807) is 0 Å². The SMILES string of the molecule is FC1(F)CC(CN2CCC[C@@H](c3nnc4n3CCC4)C2)C1. The average molecular weight is 296 g/mol. The summed E-state index contributed by atoms with van der Waals surface area (Å²) in [5, 5.41) is 8.70. The fourth-order valence-electron chi connectivity index (χ4n) is 4.19. The highest BCUT2D eigenvalue weighted by molar-refractivity contribution is 5.07. The van der Waals surface area contributed by atoms with Crippen LogP contribution in [-0.2, 0) is 13.0 Å². The molecule has 116 valence electrons. The molecule has 21 heavy (non-hydrogen) atoms. The number of fused-ring (bicyclic) bond motifs is 1. The molecule has 1 aliphatic carbocycles. The summed E-state index contributed by atoms with van der Waals surface area (Å²) in [6.07, 6.45) is 4.65. The van der Waals surface area contributed by atoms with Crippen molar-refractivity contribution in [2.24, 2.45) is 5.92 Å². The zero-order valence-electron chi connectivity index (χ0n) is 12.3. The molecule has 0 unspecified atom stereocenters. The number of hydrogen-bond donors (Lipinski definition) is 0. The van der Waals surface area contributed by atoms with Crippen LogP contribution in [0.4, 0.5) is 8.78 Å². The van der Waals surface area contributed by atoms with Gasteiger partial charge in [0.15, 0.2) is 0 Å². The van der Waals surface area contributed by atoms with Crippen molar-refractivity contribution >= 4 is 0 Å². The fraction of sp³-hybridized carbons (Fsp3) is 0.867. The molecule has 0 aromatic carbocycles. The van der Waals surface area contributed by atoms with Crippen LogP contribution >= 0.6 is 0 Å². The van der Waals surface area contributed by atoms with Gasteiger partial charge in [0.1, 0.15) is 11.6 Å². The second-order valence-electron chi connectivity index (χ2n) is 6.96. The number of likely N-dealkylation sites (tertiary alicyclic amines) is 1. The van der Waals surface area contributed by atoms with Gasteiger partial charge in [-0.25, -0.2) is 8.78 Å². The van der Waals surface area contributed by atoms with Crippen molar-refractivity contribution in [3.63, 3.8) is 0 Å². The maximum Gasteiger partial charge on any atom is 0.248 e. The zero-order valence-corrected chi connectivity index (χ0v) is 12.3. The first-order chi connectivity index (χ1) is 10.1. The van der Waals surface area contributed by atoms with Crippen molar-refractivity contribution in [2.75, 3.05) is 19.6 Å². The molecular formula is C15H22F2N4. The normalized spacial score (nSPS) is 29.3. The van der Waals surface area contributed by atoms with E-state index < -0.39 is 5.92 Å². The molecule has 2 fully saturated rings. The Morgan fingerprint density at radius 1 is 1.14 bits per heavy atom. The predicted octanol–water partition coefficient (Wildman–Crippen LogP) is 2.45. The molecule has 0 spiro atoms. The van der Waals surface area contributed by atoms with Crippen LogP contribution in [0.3, 0.4) is 0 Å². The lowest BCUT2D eigenvalue weighted by molar-refractivity contribution is -0.117. The lowest BCUT2D eigenvalue weighted by Gasteiger charge is -2.40. The van der Waals surface area contributed by atoms with Gasteiger partial charge in [-0.1, -0.05) is 0 Å². The van der Waals surface area contributed by atoms with Gasteiger partial charge < -0.3 is 9.47 Å². The Balaban J connectivity index is 1.39. The van der Waals surface area contributed by atoms with Crippen molar-refractivity contribution in [2.45, 2.75) is 56.9 Å². The molecule has 3 aliphatic rings. The van der Waals surface area contributed by atoms with Crippen molar-refractivity contribution in [1.82, 2.24) is 19.7 Å². The van der Waals surface area contributed by atoms with Gasteiger partial charge in [0.2, 0.25) is 5.92 Å². The topological polar surface area (TPSA) is 34.0 Å². The Morgan fingerprint density at radius 2 is 2.00 bits per heavy atom. The van der Waals surface area contributed by atoms with Crippen molar-refractivity contribution in [3.05, 3.63) is 11.6 Å². The summed E-state index contributed by atoms with van der Waals surface area (Å²) in [6.45, 7) is 3.87. The molecule has 0 bridgehead atoms. The maximum absolute atomic E-state index is 13.0. The minimum atomic E-state index is -2.40. The predicted molar refractivity (Wildman–Crippen MR) is 74.4 cm³/mol. The molecule has 4 rings (SSSR count). The molecule has 0 amide bonds. The van der Waals surface area contributed by atoms with Crippen LogP contribution < -0.4 is 0 Å². The second kappa shape index (κ2) is 5.00. The molecule has 2 aliphatic heterocycles. The van der Waals surface area contributed by atoms with Gasteiger partial charge in [0, 0.05) is 44.8 Å². The van der Waals surface area contributed by atoms with Crippen LogP contribution in [0.15, 0.2) is 0 Å². The van der Waals surface area contributed by atoms with Gasteiger partial charge in [-0.3, -0.25) is 0 Å². The van der Waals surface area contributed by atoms with E-state index >= 15 is 0 Å². The van der Waals surface area contributed by atoms with Gasteiger partial charge >= 0.3 is 0 Å². The smallest absolute Gasteiger partial charge is 0.248 e. The molecular weight excluding hydrogens is 274 g/mol. The van der Waals surface area contributed by atoms with Gasteiger partial charge in [0.25, 0.3) is 0 Å². The van der Waals surface area contributed by atoms with Crippen molar-refractivity contribution < 1.29 is 8.78 Å². The van der Waals surface area contributed by atoms with Crippen LogP contribution in [-0.4, -0.2) is 45.2 Å². The summed E-state index contributed by atoms with van der Waals surface area (Å²) in [5.74, 6) is 0.474. The number of halogens is 2. The largest absolute Gasteiger partial charge is 0.315 e. The van der Waals surface area contributed by atoms with Gasteiger partial charge in [0.05, 0.1) is 0 Å². The molecule has 4 nitrogen and oxygen atoms in total. The lowest BCUT2D eigenvalue weighted by Crippen LogP contribution is -2.45. The molecule has 1 atom stereocenters. The number of alkyl halides is 2. The number of rotatable bonds is 3. The van der Waals surface area contributed by atoms with Crippen molar-refractivity contribution in [3.8, 4) is 0 Å². The minimum Gasteiger partial charge on any atom is -0.315 e. The van der Waals surface area contributed by atoms with Crippen LogP contribution in [0.25, 0.3) is 0 Å². The van der Waals surface area contributed by atoms with E-state index in [0.29, 0.717) is 5.92 Å². The Kier molecular flexibility index (Phi) is 3.24. The van der Waals surface area contributed by atoms with Crippen molar-refractivity contribution in [1.29, 1.82) is 0 Å². The molecule has 6 heteroatoms. The van der Waals surface area contributed by atoms with E-state index in [0.717, 1.165) is 57.1 Å². The van der Waals surface area contributed by atoms with Crippen LogP contribution in [0.5, 0.6) is 0 Å². The maximum atomic E-state index is 13.0. The Hall–Kier alpha value is -1.04. The summed E-state index contributed by atoms with van der Waals surface area (Å²) in [4.78, 5) is 2.37. The summed E-state index contributed by atoms with van der Waals surface area (Å²) in [7, 11) is 0. The third kappa shape index (κ3) is 2.58. The van der Waals surface area contributed by atoms with E-state index in [1.807, 2.05) is 0 Å². The summed E-state index contributed by atoms with van der Waals surface area (Å²) in [5.41, 5.74) is 0. The molecule has 1 aromatic rings. The summed E-state index contributed by atoms with van der Waals surface area (Å²) in [6, 6.07) is 0. The molecule has 3 heterocycles. The first-order valence-corrected chi connectivity index (χ1v) is 8.13. The van der Waals surface area contributed by atoms with Crippen LogP contribution in [0, 0.1) is 5.92 Å². The van der Waals surface area contributed by atoms with Crippen LogP contribution in [0.2, 0.25) is 0 Å². The Morgan fingerprint density at radius 3 is 2.81 bits per heavy atom. The molecule has 0 N–H and O–H groups in total. The first-order valence-electron chi connectivity index (χ1n) is 8.13. The standard InChI is InChI=1S/C15H22F2N4/c16-15(17)7-11(8-15)9-20-5-1-3-12(10-20)14-19-18-13-4-2-6-21(13)14/h11-12H,1-10H2/t12-/m1/s1. The average Bonchev–Trinajstić information content (AvgIpc) is 2.99. The van der Waals surface area contributed by atoms with E-state index in [1.165, 1.54) is 6.42 Å². The highest BCUT2D eigenvalue weighted by Gasteiger charge is 2.45. The minimum absolute atomic E-state index is 0.0779. The fourth-order valence-corrected chi connectivity index (χ4v) is 4.19. The monoisotopic (exact) mass is 296 g/mol.